The summed E-state index contributed by atoms with van der Waals surface area (Å²) in [6.07, 6.45) is -4.12. The van der Waals surface area contributed by atoms with Crippen LogP contribution >= 0.6 is 0 Å². The molecule has 1 fully saturated rings. The maximum atomic E-state index is 12.6. The minimum absolute atomic E-state index is 0.116. The van der Waals surface area contributed by atoms with Crippen molar-refractivity contribution in [1.29, 1.82) is 0 Å². The summed E-state index contributed by atoms with van der Waals surface area (Å²) in [5, 5.41) is 10.5. The third-order valence-corrected chi connectivity index (χ3v) is 4.06. The molecular formula is C15H21F3N2O. The van der Waals surface area contributed by atoms with Crippen molar-refractivity contribution in [3.63, 3.8) is 0 Å². The number of hydrogen-bond donors (Lipinski definition) is 1. The summed E-state index contributed by atoms with van der Waals surface area (Å²) in [4.78, 5) is 4.22. The number of halogens is 3. The van der Waals surface area contributed by atoms with Gasteiger partial charge in [0.25, 0.3) is 0 Å². The Morgan fingerprint density at radius 2 is 1.76 bits per heavy atom. The third kappa shape index (κ3) is 3.96. The molecule has 1 aromatic rings. The van der Waals surface area contributed by atoms with Crippen LogP contribution in [0.2, 0.25) is 0 Å². The van der Waals surface area contributed by atoms with E-state index in [-0.39, 0.29) is 6.04 Å². The minimum Gasteiger partial charge on any atom is -0.387 e. The summed E-state index contributed by atoms with van der Waals surface area (Å²) >= 11 is 0. The molecule has 0 bridgehead atoms. The predicted molar refractivity (Wildman–Crippen MR) is 74.9 cm³/mol. The summed E-state index contributed by atoms with van der Waals surface area (Å²) in [6, 6.07) is 4.67. The Morgan fingerprint density at radius 1 is 1.14 bits per heavy atom. The Labute approximate surface area is 123 Å². The zero-order valence-corrected chi connectivity index (χ0v) is 12.3. The van der Waals surface area contributed by atoms with Crippen molar-refractivity contribution in [2.45, 2.75) is 24.7 Å². The van der Waals surface area contributed by atoms with E-state index < -0.39 is 17.8 Å². The number of likely N-dealkylation sites (N-methyl/N-ethyl adjacent to an activating group) is 2. The molecule has 1 heterocycles. The number of aliphatic hydroxyl groups excluding tert-OH is 1. The van der Waals surface area contributed by atoms with Crippen LogP contribution in [0, 0.1) is 0 Å². The largest absolute Gasteiger partial charge is 0.416 e. The van der Waals surface area contributed by atoms with Crippen molar-refractivity contribution in [1.82, 2.24) is 9.80 Å². The molecule has 1 aliphatic rings. The number of aliphatic hydroxyl groups is 1. The molecule has 0 aliphatic carbocycles. The number of rotatable bonds is 2. The van der Waals surface area contributed by atoms with Crippen LogP contribution in [-0.2, 0) is 6.18 Å². The van der Waals surface area contributed by atoms with Gasteiger partial charge in [0.2, 0.25) is 0 Å². The second-order valence-corrected chi connectivity index (χ2v) is 5.73. The Morgan fingerprint density at radius 3 is 2.33 bits per heavy atom. The lowest BCUT2D eigenvalue weighted by atomic mass is 9.99. The summed E-state index contributed by atoms with van der Waals surface area (Å²) in [5.74, 6) is 0. The van der Waals surface area contributed by atoms with Crippen molar-refractivity contribution in [3.05, 3.63) is 35.4 Å². The summed E-state index contributed by atoms with van der Waals surface area (Å²) in [6.45, 7) is 2.52. The monoisotopic (exact) mass is 302 g/mol. The predicted octanol–water partition coefficient (Wildman–Crippen LogP) is 2.37. The van der Waals surface area contributed by atoms with Gasteiger partial charge in [0, 0.05) is 6.54 Å². The molecule has 0 spiro atoms. The average Bonchev–Trinajstić information content (AvgIpc) is 2.59. The smallest absolute Gasteiger partial charge is 0.387 e. The van der Waals surface area contributed by atoms with Gasteiger partial charge in [-0.2, -0.15) is 13.2 Å². The van der Waals surface area contributed by atoms with Crippen LogP contribution in [0.4, 0.5) is 13.2 Å². The number of hydrogen-bond acceptors (Lipinski definition) is 3. The van der Waals surface area contributed by atoms with Gasteiger partial charge in [-0.1, -0.05) is 12.1 Å². The molecule has 2 atom stereocenters. The molecule has 1 saturated heterocycles. The number of nitrogens with zero attached hydrogens (tertiary/aromatic N) is 2. The van der Waals surface area contributed by atoms with Crippen LogP contribution < -0.4 is 0 Å². The molecular weight excluding hydrogens is 281 g/mol. The van der Waals surface area contributed by atoms with Crippen molar-refractivity contribution in [2.75, 3.05) is 33.7 Å². The van der Waals surface area contributed by atoms with Crippen molar-refractivity contribution >= 4 is 0 Å². The first-order valence-electron chi connectivity index (χ1n) is 7.03. The Kier molecular flexibility index (Phi) is 4.91. The quantitative estimate of drug-likeness (QED) is 0.908. The zero-order valence-electron chi connectivity index (χ0n) is 12.3. The maximum Gasteiger partial charge on any atom is 0.416 e. The first-order chi connectivity index (χ1) is 9.79. The van der Waals surface area contributed by atoms with Crippen LogP contribution in [0.25, 0.3) is 0 Å². The normalized spacial score (nSPS) is 23.8. The minimum atomic E-state index is -4.34. The lowest BCUT2D eigenvalue weighted by Gasteiger charge is -2.31. The topological polar surface area (TPSA) is 26.7 Å². The van der Waals surface area contributed by atoms with E-state index in [0.29, 0.717) is 12.1 Å². The fraction of sp³-hybridized carbons (Fsp3) is 0.600. The fourth-order valence-corrected chi connectivity index (χ4v) is 2.74. The highest BCUT2D eigenvalue weighted by Crippen LogP contribution is 2.31. The van der Waals surface area contributed by atoms with Gasteiger partial charge in [0.05, 0.1) is 17.7 Å². The lowest BCUT2D eigenvalue weighted by Crippen LogP contribution is -2.42. The highest BCUT2D eigenvalue weighted by molar-refractivity contribution is 5.27. The lowest BCUT2D eigenvalue weighted by molar-refractivity contribution is -0.137. The summed E-state index contributed by atoms with van der Waals surface area (Å²) < 4.78 is 37.7. The standard InChI is InChI=1S/C15H21F3N2O/c1-19-8-3-9-20(2)13(10-19)14(21)11-4-6-12(7-5-11)15(16,17)18/h4-7,13-14,21H,3,8-10H2,1-2H3. The van der Waals surface area contributed by atoms with E-state index in [1.54, 1.807) is 0 Å². The van der Waals surface area contributed by atoms with Gasteiger partial charge in [0.15, 0.2) is 0 Å². The Bertz CT molecular complexity index is 461. The van der Waals surface area contributed by atoms with Crippen LogP contribution in [0.5, 0.6) is 0 Å². The summed E-state index contributed by atoms with van der Waals surface area (Å²) in [5.41, 5.74) is -0.167. The zero-order chi connectivity index (χ0) is 15.6. The van der Waals surface area contributed by atoms with Gasteiger partial charge in [-0.05, 0) is 51.3 Å². The van der Waals surface area contributed by atoms with Crippen molar-refractivity contribution < 1.29 is 18.3 Å². The number of benzene rings is 1. The van der Waals surface area contributed by atoms with E-state index in [4.69, 9.17) is 0 Å². The molecule has 0 radical (unpaired) electrons. The van der Waals surface area contributed by atoms with E-state index in [1.807, 2.05) is 14.1 Å². The molecule has 1 N–H and O–H groups in total. The third-order valence-electron chi connectivity index (χ3n) is 4.06. The Hall–Kier alpha value is -1.11. The second-order valence-electron chi connectivity index (χ2n) is 5.73. The molecule has 2 rings (SSSR count). The molecule has 3 nitrogen and oxygen atoms in total. The van der Waals surface area contributed by atoms with E-state index >= 15 is 0 Å². The average molecular weight is 302 g/mol. The van der Waals surface area contributed by atoms with Crippen LogP contribution in [-0.4, -0.2) is 54.7 Å². The van der Waals surface area contributed by atoms with Crippen LogP contribution in [0.1, 0.15) is 23.7 Å². The van der Waals surface area contributed by atoms with Gasteiger partial charge in [-0.3, -0.25) is 4.90 Å². The van der Waals surface area contributed by atoms with E-state index in [1.165, 1.54) is 12.1 Å². The van der Waals surface area contributed by atoms with E-state index in [0.717, 1.165) is 31.6 Å². The highest BCUT2D eigenvalue weighted by atomic mass is 19.4. The molecule has 0 amide bonds. The van der Waals surface area contributed by atoms with Gasteiger partial charge < -0.3 is 10.0 Å². The second kappa shape index (κ2) is 6.34. The highest BCUT2D eigenvalue weighted by Gasteiger charge is 2.32. The van der Waals surface area contributed by atoms with Crippen molar-refractivity contribution in [2.24, 2.45) is 0 Å². The molecule has 21 heavy (non-hydrogen) atoms. The molecule has 1 aliphatic heterocycles. The fourth-order valence-electron chi connectivity index (χ4n) is 2.74. The molecule has 6 heteroatoms. The van der Waals surface area contributed by atoms with Crippen LogP contribution in [0.15, 0.2) is 24.3 Å². The molecule has 118 valence electrons. The van der Waals surface area contributed by atoms with Gasteiger partial charge in [-0.15, -0.1) is 0 Å². The van der Waals surface area contributed by atoms with Gasteiger partial charge in [-0.25, -0.2) is 0 Å². The van der Waals surface area contributed by atoms with Crippen LogP contribution in [0.3, 0.4) is 0 Å². The number of alkyl halides is 3. The molecule has 0 aromatic heterocycles. The molecule has 0 saturated carbocycles. The van der Waals surface area contributed by atoms with Gasteiger partial charge in [0.1, 0.15) is 0 Å². The Balaban J connectivity index is 2.16. The maximum absolute atomic E-state index is 12.6. The first-order valence-corrected chi connectivity index (χ1v) is 7.03. The van der Waals surface area contributed by atoms with E-state index in [2.05, 4.69) is 9.80 Å². The SMILES string of the molecule is CN1CCCN(C)C(C(O)c2ccc(C(F)(F)F)cc2)C1. The van der Waals surface area contributed by atoms with E-state index in [9.17, 15) is 18.3 Å². The summed E-state index contributed by atoms with van der Waals surface area (Å²) in [7, 11) is 3.93. The van der Waals surface area contributed by atoms with Gasteiger partial charge >= 0.3 is 6.18 Å². The first kappa shape index (κ1) is 16.3. The molecule has 2 unspecified atom stereocenters. The van der Waals surface area contributed by atoms with Crippen molar-refractivity contribution in [3.8, 4) is 0 Å². The molecule has 1 aromatic carbocycles.